The van der Waals surface area contributed by atoms with Crippen LogP contribution in [-0.2, 0) is 11.3 Å². The SMILES string of the molecule is O=C(CC1CCCN1)N(Cc1ccccc1F)C1CC1. The Morgan fingerprint density at radius 3 is 2.75 bits per heavy atom. The molecule has 1 amide bonds. The molecular formula is C16H21FN2O. The summed E-state index contributed by atoms with van der Waals surface area (Å²) in [6.07, 6.45) is 4.88. The Bertz CT molecular complexity index is 481. The second-order valence-electron chi connectivity index (χ2n) is 5.84. The van der Waals surface area contributed by atoms with Crippen molar-refractivity contribution in [2.24, 2.45) is 0 Å². The smallest absolute Gasteiger partial charge is 0.224 e. The predicted octanol–water partition coefficient (Wildman–Crippen LogP) is 2.46. The van der Waals surface area contributed by atoms with Gasteiger partial charge in [0.15, 0.2) is 0 Å². The molecule has 4 heteroatoms. The standard InChI is InChI=1S/C16H21FN2O/c17-15-6-2-1-4-12(15)11-19(14-7-8-14)16(20)10-13-5-3-9-18-13/h1-2,4,6,13-14,18H,3,5,7-11H2. The molecule has 20 heavy (non-hydrogen) atoms. The van der Waals surface area contributed by atoms with E-state index in [0.717, 1.165) is 32.2 Å². The predicted molar refractivity (Wildman–Crippen MR) is 75.6 cm³/mol. The third-order valence-corrected chi connectivity index (χ3v) is 4.19. The van der Waals surface area contributed by atoms with Crippen molar-refractivity contribution in [3.8, 4) is 0 Å². The van der Waals surface area contributed by atoms with Gasteiger partial charge in [-0.25, -0.2) is 4.39 Å². The van der Waals surface area contributed by atoms with Gasteiger partial charge in [-0.2, -0.15) is 0 Å². The zero-order valence-electron chi connectivity index (χ0n) is 11.6. The van der Waals surface area contributed by atoms with Gasteiger partial charge in [-0.15, -0.1) is 0 Å². The van der Waals surface area contributed by atoms with Gasteiger partial charge in [0.25, 0.3) is 0 Å². The number of benzene rings is 1. The number of nitrogens with one attached hydrogen (secondary N) is 1. The average Bonchev–Trinajstić information content (AvgIpc) is 3.15. The maximum absolute atomic E-state index is 13.8. The lowest BCUT2D eigenvalue weighted by Crippen LogP contribution is -2.37. The van der Waals surface area contributed by atoms with Gasteiger partial charge >= 0.3 is 0 Å². The molecule has 1 aromatic rings. The molecule has 2 aliphatic rings. The summed E-state index contributed by atoms with van der Waals surface area (Å²) in [6.45, 7) is 1.41. The molecule has 0 radical (unpaired) electrons. The first-order valence-electron chi connectivity index (χ1n) is 7.50. The molecule has 1 N–H and O–H groups in total. The Hall–Kier alpha value is -1.42. The van der Waals surface area contributed by atoms with Crippen molar-refractivity contribution in [3.05, 3.63) is 35.6 Å². The fraction of sp³-hybridized carbons (Fsp3) is 0.562. The van der Waals surface area contributed by atoms with Crippen LogP contribution in [0.2, 0.25) is 0 Å². The van der Waals surface area contributed by atoms with E-state index in [0.29, 0.717) is 30.6 Å². The fourth-order valence-corrected chi connectivity index (χ4v) is 2.88. The van der Waals surface area contributed by atoms with Crippen LogP contribution in [-0.4, -0.2) is 29.4 Å². The van der Waals surface area contributed by atoms with E-state index < -0.39 is 0 Å². The fourth-order valence-electron chi connectivity index (χ4n) is 2.88. The largest absolute Gasteiger partial charge is 0.335 e. The number of halogens is 1. The van der Waals surface area contributed by atoms with Gasteiger partial charge in [-0.05, 0) is 38.3 Å². The van der Waals surface area contributed by atoms with Crippen molar-refractivity contribution in [1.29, 1.82) is 0 Å². The molecule has 3 nitrogen and oxygen atoms in total. The van der Waals surface area contributed by atoms with Crippen LogP contribution < -0.4 is 5.32 Å². The van der Waals surface area contributed by atoms with E-state index in [-0.39, 0.29) is 11.7 Å². The summed E-state index contributed by atoms with van der Waals surface area (Å²) < 4.78 is 13.8. The van der Waals surface area contributed by atoms with Crippen molar-refractivity contribution >= 4 is 5.91 Å². The minimum atomic E-state index is -0.218. The van der Waals surface area contributed by atoms with Crippen LogP contribution >= 0.6 is 0 Å². The van der Waals surface area contributed by atoms with E-state index in [4.69, 9.17) is 0 Å². The van der Waals surface area contributed by atoms with Crippen LogP contribution in [0.3, 0.4) is 0 Å². The third-order valence-electron chi connectivity index (χ3n) is 4.19. The number of carbonyl (C=O) groups is 1. The van der Waals surface area contributed by atoms with Gasteiger partial charge in [0, 0.05) is 30.6 Å². The van der Waals surface area contributed by atoms with Gasteiger partial charge in [-0.3, -0.25) is 4.79 Å². The molecule has 1 aromatic carbocycles. The normalized spacial score (nSPS) is 21.9. The molecule has 1 heterocycles. The van der Waals surface area contributed by atoms with Crippen molar-refractivity contribution in [2.45, 2.75) is 50.7 Å². The lowest BCUT2D eigenvalue weighted by atomic mass is 10.1. The maximum atomic E-state index is 13.8. The summed E-state index contributed by atoms with van der Waals surface area (Å²) in [6, 6.07) is 7.37. The van der Waals surface area contributed by atoms with Crippen molar-refractivity contribution in [3.63, 3.8) is 0 Å². The lowest BCUT2D eigenvalue weighted by Gasteiger charge is -2.24. The maximum Gasteiger partial charge on any atom is 0.224 e. The molecule has 2 fully saturated rings. The highest BCUT2D eigenvalue weighted by Crippen LogP contribution is 2.30. The highest BCUT2D eigenvalue weighted by molar-refractivity contribution is 5.77. The molecule has 0 aromatic heterocycles. The van der Waals surface area contributed by atoms with Crippen molar-refractivity contribution in [2.75, 3.05) is 6.54 Å². The van der Waals surface area contributed by atoms with Crippen LogP contribution in [0, 0.1) is 5.82 Å². The zero-order valence-corrected chi connectivity index (χ0v) is 11.6. The van der Waals surface area contributed by atoms with Gasteiger partial charge in [0.05, 0.1) is 0 Å². The molecule has 1 atom stereocenters. The lowest BCUT2D eigenvalue weighted by molar-refractivity contribution is -0.132. The summed E-state index contributed by atoms with van der Waals surface area (Å²) in [5, 5.41) is 3.36. The van der Waals surface area contributed by atoms with Crippen LogP contribution in [0.1, 0.15) is 37.7 Å². The van der Waals surface area contributed by atoms with E-state index in [1.807, 2.05) is 11.0 Å². The van der Waals surface area contributed by atoms with Gasteiger partial charge in [-0.1, -0.05) is 18.2 Å². The molecule has 1 aliphatic carbocycles. The monoisotopic (exact) mass is 276 g/mol. The number of nitrogens with zero attached hydrogens (tertiary/aromatic N) is 1. The van der Waals surface area contributed by atoms with Crippen LogP contribution in [0.15, 0.2) is 24.3 Å². The topological polar surface area (TPSA) is 32.3 Å². The second-order valence-corrected chi connectivity index (χ2v) is 5.84. The average molecular weight is 276 g/mol. The molecule has 108 valence electrons. The van der Waals surface area contributed by atoms with Gasteiger partial charge < -0.3 is 10.2 Å². The number of rotatable bonds is 5. The first kappa shape index (κ1) is 13.6. The van der Waals surface area contributed by atoms with Crippen LogP contribution in [0.25, 0.3) is 0 Å². The third kappa shape index (κ3) is 3.18. The minimum Gasteiger partial charge on any atom is -0.335 e. The summed E-state index contributed by atoms with van der Waals surface area (Å²) >= 11 is 0. The number of amides is 1. The van der Waals surface area contributed by atoms with E-state index in [1.54, 1.807) is 12.1 Å². The Balaban J connectivity index is 1.66. The molecule has 0 bridgehead atoms. The quantitative estimate of drug-likeness (QED) is 0.896. The first-order valence-corrected chi connectivity index (χ1v) is 7.50. The minimum absolute atomic E-state index is 0.162. The molecule has 0 spiro atoms. The molecule has 3 rings (SSSR count). The summed E-state index contributed by atoms with van der Waals surface area (Å²) in [4.78, 5) is 14.3. The summed E-state index contributed by atoms with van der Waals surface area (Å²) in [5.74, 6) is -0.0555. The van der Waals surface area contributed by atoms with Gasteiger partial charge in [0.1, 0.15) is 5.82 Å². The molecular weight excluding hydrogens is 255 g/mol. The molecule has 1 saturated heterocycles. The second kappa shape index (κ2) is 5.92. The van der Waals surface area contributed by atoms with Crippen molar-refractivity contribution in [1.82, 2.24) is 10.2 Å². The molecule has 1 unspecified atom stereocenters. The Labute approximate surface area is 119 Å². The Morgan fingerprint density at radius 1 is 1.30 bits per heavy atom. The van der Waals surface area contributed by atoms with E-state index in [9.17, 15) is 9.18 Å². The van der Waals surface area contributed by atoms with E-state index in [1.165, 1.54) is 6.07 Å². The van der Waals surface area contributed by atoms with Crippen LogP contribution in [0.4, 0.5) is 4.39 Å². The Morgan fingerprint density at radius 2 is 2.10 bits per heavy atom. The highest BCUT2D eigenvalue weighted by Gasteiger charge is 2.34. The molecule has 1 saturated carbocycles. The highest BCUT2D eigenvalue weighted by atomic mass is 19.1. The number of hydrogen-bond donors (Lipinski definition) is 1. The number of hydrogen-bond acceptors (Lipinski definition) is 2. The van der Waals surface area contributed by atoms with Gasteiger partial charge in [0.2, 0.25) is 5.91 Å². The summed E-state index contributed by atoms with van der Waals surface area (Å²) in [7, 11) is 0. The number of carbonyl (C=O) groups excluding carboxylic acids is 1. The zero-order chi connectivity index (χ0) is 13.9. The molecule has 1 aliphatic heterocycles. The first-order chi connectivity index (χ1) is 9.74. The van der Waals surface area contributed by atoms with E-state index >= 15 is 0 Å². The summed E-state index contributed by atoms with van der Waals surface area (Å²) in [5.41, 5.74) is 0.618. The Kier molecular flexibility index (Phi) is 4.01. The van der Waals surface area contributed by atoms with Crippen LogP contribution in [0.5, 0.6) is 0 Å². The van der Waals surface area contributed by atoms with E-state index in [2.05, 4.69) is 5.32 Å². The van der Waals surface area contributed by atoms with Crippen molar-refractivity contribution < 1.29 is 9.18 Å².